The molecule has 20 heavy (non-hydrogen) atoms. The SMILES string of the molecule is Cn1c(=O)c2nc(C3CCCSC3)nnc2n(C)c1=O. The van der Waals surface area contributed by atoms with Crippen LogP contribution in [-0.4, -0.2) is 35.8 Å². The lowest BCUT2D eigenvalue weighted by molar-refractivity contribution is 0.609. The Labute approximate surface area is 119 Å². The number of nitrogens with zero attached hydrogens (tertiary/aromatic N) is 5. The van der Waals surface area contributed by atoms with Gasteiger partial charge in [-0.05, 0) is 18.6 Å². The maximum absolute atomic E-state index is 12.2. The Morgan fingerprint density at radius 2 is 2.00 bits per heavy atom. The van der Waals surface area contributed by atoms with Gasteiger partial charge in [0.15, 0.2) is 17.0 Å². The van der Waals surface area contributed by atoms with Gasteiger partial charge in [0.05, 0.1) is 0 Å². The Kier molecular flexibility index (Phi) is 3.33. The number of aromatic nitrogens is 5. The third-order valence-corrected chi connectivity index (χ3v) is 4.82. The van der Waals surface area contributed by atoms with Crippen molar-refractivity contribution in [2.75, 3.05) is 11.5 Å². The largest absolute Gasteiger partial charge is 0.332 e. The fraction of sp³-hybridized carbons (Fsp3) is 0.583. The summed E-state index contributed by atoms with van der Waals surface area (Å²) in [7, 11) is 3.01. The maximum Gasteiger partial charge on any atom is 0.332 e. The number of hydrogen-bond acceptors (Lipinski definition) is 6. The molecule has 0 aromatic carbocycles. The maximum atomic E-state index is 12.2. The highest BCUT2D eigenvalue weighted by Crippen LogP contribution is 2.28. The second-order valence-electron chi connectivity index (χ2n) is 4.96. The molecule has 2 aromatic rings. The lowest BCUT2D eigenvalue weighted by Gasteiger charge is -2.19. The van der Waals surface area contributed by atoms with E-state index in [1.807, 2.05) is 11.8 Å². The Hall–Kier alpha value is -1.70. The molecule has 7 nitrogen and oxygen atoms in total. The first-order valence-electron chi connectivity index (χ1n) is 6.47. The fourth-order valence-electron chi connectivity index (χ4n) is 2.38. The lowest BCUT2D eigenvalue weighted by Crippen LogP contribution is -2.38. The number of rotatable bonds is 1. The highest BCUT2D eigenvalue weighted by molar-refractivity contribution is 7.99. The molecule has 2 aromatic heterocycles. The highest BCUT2D eigenvalue weighted by atomic mass is 32.2. The summed E-state index contributed by atoms with van der Waals surface area (Å²) in [5.41, 5.74) is -0.372. The van der Waals surface area contributed by atoms with E-state index in [-0.39, 0.29) is 17.1 Å². The van der Waals surface area contributed by atoms with E-state index in [9.17, 15) is 9.59 Å². The van der Waals surface area contributed by atoms with Crippen LogP contribution >= 0.6 is 11.8 Å². The molecule has 0 N–H and O–H groups in total. The number of aryl methyl sites for hydroxylation is 1. The number of hydrogen-bond donors (Lipinski definition) is 0. The van der Waals surface area contributed by atoms with Gasteiger partial charge >= 0.3 is 5.69 Å². The molecule has 1 saturated heterocycles. The Morgan fingerprint density at radius 1 is 1.20 bits per heavy atom. The summed E-state index contributed by atoms with van der Waals surface area (Å²) in [6, 6.07) is 0. The number of thioether (sulfide) groups is 1. The minimum atomic E-state index is -0.417. The van der Waals surface area contributed by atoms with Crippen molar-refractivity contribution >= 4 is 22.9 Å². The Morgan fingerprint density at radius 3 is 2.70 bits per heavy atom. The second kappa shape index (κ2) is 5.01. The van der Waals surface area contributed by atoms with Crippen LogP contribution in [0, 0.1) is 0 Å². The van der Waals surface area contributed by atoms with Crippen LogP contribution in [0.25, 0.3) is 11.2 Å². The lowest BCUT2D eigenvalue weighted by atomic mass is 10.1. The van der Waals surface area contributed by atoms with Gasteiger partial charge in [-0.3, -0.25) is 13.9 Å². The minimum Gasteiger partial charge on any atom is -0.278 e. The van der Waals surface area contributed by atoms with Crippen molar-refractivity contribution in [1.82, 2.24) is 24.3 Å². The van der Waals surface area contributed by atoms with Crippen LogP contribution in [0.2, 0.25) is 0 Å². The van der Waals surface area contributed by atoms with Crippen molar-refractivity contribution in [2.45, 2.75) is 18.8 Å². The van der Waals surface area contributed by atoms with E-state index in [0.29, 0.717) is 5.82 Å². The molecule has 0 aliphatic carbocycles. The van der Waals surface area contributed by atoms with Gasteiger partial charge in [0.25, 0.3) is 5.56 Å². The average molecular weight is 293 g/mol. The van der Waals surface area contributed by atoms with Crippen LogP contribution in [0.4, 0.5) is 0 Å². The molecule has 0 amide bonds. The van der Waals surface area contributed by atoms with Crippen LogP contribution in [0.15, 0.2) is 9.59 Å². The van der Waals surface area contributed by atoms with Crippen molar-refractivity contribution < 1.29 is 0 Å². The Balaban J connectivity index is 2.20. The van der Waals surface area contributed by atoms with E-state index in [4.69, 9.17) is 0 Å². The topological polar surface area (TPSA) is 82.7 Å². The van der Waals surface area contributed by atoms with Gasteiger partial charge in [-0.15, -0.1) is 10.2 Å². The van der Waals surface area contributed by atoms with Crippen molar-refractivity contribution in [3.05, 3.63) is 26.7 Å². The predicted molar refractivity (Wildman–Crippen MR) is 77.1 cm³/mol. The summed E-state index contributed by atoms with van der Waals surface area (Å²) in [5, 5.41) is 8.17. The van der Waals surface area contributed by atoms with E-state index in [0.717, 1.165) is 28.9 Å². The Bertz CT molecular complexity index is 776. The van der Waals surface area contributed by atoms with Gasteiger partial charge in [-0.2, -0.15) is 11.8 Å². The van der Waals surface area contributed by atoms with Crippen molar-refractivity contribution in [3.63, 3.8) is 0 Å². The van der Waals surface area contributed by atoms with Gasteiger partial charge in [0, 0.05) is 25.8 Å². The van der Waals surface area contributed by atoms with Gasteiger partial charge in [0.2, 0.25) is 0 Å². The molecule has 0 bridgehead atoms. The first kappa shape index (κ1) is 13.3. The van der Waals surface area contributed by atoms with Crippen molar-refractivity contribution in [1.29, 1.82) is 0 Å². The molecule has 3 rings (SSSR count). The third kappa shape index (κ3) is 2.04. The van der Waals surface area contributed by atoms with Gasteiger partial charge < -0.3 is 0 Å². The van der Waals surface area contributed by atoms with Crippen molar-refractivity contribution in [3.8, 4) is 0 Å². The van der Waals surface area contributed by atoms with Crippen LogP contribution < -0.4 is 11.2 Å². The van der Waals surface area contributed by atoms with E-state index in [1.165, 1.54) is 11.6 Å². The normalized spacial score (nSPS) is 19.4. The molecule has 1 fully saturated rings. The molecule has 8 heteroatoms. The number of fused-ring (bicyclic) bond motifs is 1. The van der Waals surface area contributed by atoms with E-state index < -0.39 is 11.2 Å². The first-order valence-corrected chi connectivity index (χ1v) is 7.63. The molecule has 3 heterocycles. The summed E-state index contributed by atoms with van der Waals surface area (Å²) < 4.78 is 2.35. The monoisotopic (exact) mass is 293 g/mol. The van der Waals surface area contributed by atoms with Crippen LogP contribution in [0.3, 0.4) is 0 Å². The first-order chi connectivity index (χ1) is 9.59. The summed E-state index contributed by atoms with van der Waals surface area (Å²) in [4.78, 5) is 28.3. The van der Waals surface area contributed by atoms with E-state index in [2.05, 4.69) is 15.2 Å². The third-order valence-electron chi connectivity index (χ3n) is 3.61. The van der Waals surface area contributed by atoms with E-state index >= 15 is 0 Å². The van der Waals surface area contributed by atoms with Crippen LogP contribution in [0.5, 0.6) is 0 Å². The summed E-state index contributed by atoms with van der Waals surface area (Å²) in [5.74, 6) is 2.97. The van der Waals surface area contributed by atoms with Gasteiger partial charge in [-0.25, -0.2) is 9.78 Å². The molecular formula is C12H15N5O2S. The second-order valence-corrected chi connectivity index (χ2v) is 6.11. The van der Waals surface area contributed by atoms with Crippen LogP contribution in [0.1, 0.15) is 24.6 Å². The standard InChI is InChI=1S/C12H15N5O2S/c1-16-10-8(11(18)17(2)12(16)19)13-9(14-15-10)7-4-3-5-20-6-7/h7H,3-6H2,1-2H3. The zero-order valence-corrected chi connectivity index (χ0v) is 12.2. The average Bonchev–Trinajstić information content (AvgIpc) is 2.51. The summed E-state index contributed by atoms with van der Waals surface area (Å²) in [6.07, 6.45) is 2.15. The molecular weight excluding hydrogens is 278 g/mol. The van der Waals surface area contributed by atoms with E-state index in [1.54, 1.807) is 7.05 Å². The molecule has 0 radical (unpaired) electrons. The molecule has 0 saturated carbocycles. The zero-order chi connectivity index (χ0) is 14.3. The quantitative estimate of drug-likeness (QED) is 0.738. The summed E-state index contributed by atoms with van der Waals surface area (Å²) in [6.45, 7) is 0. The van der Waals surface area contributed by atoms with Gasteiger partial charge in [-0.1, -0.05) is 0 Å². The highest BCUT2D eigenvalue weighted by Gasteiger charge is 2.21. The minimum absolute atomic E-state index is 0.218. The predicted octanol–water partition coefficient (Wildman–Crippen LogP) is 0.0328. The smallest absolute Gasteiger partial charge is 0.278 e. The molecule has 1 aliphatic heterocycles. The molecule has 1 atom stereocenters. The molecule has 1 unspecified atom stereocenters. The fourth-order valence-corrected chi connectivity index (χ4v) is 3.52. The van der Waals surface area contributed by atoms with Gasteiger partial charge in [0.1, 0.15) is 0 Å². The molecule has 1 aliphatic rings. The summed E-state index contributed by atoms with van der Waals surface area (Å²) >= 11 is 1.87. The van der Waals surface area contributed by atoms with Crippen LogP contribution in [-0.2, 0) is 14.1 Å². The van der Waals surface area contributed by atoms with Crippen molar-refractivity contribution in [2.24, 2.45) is 14.1 Å². The molecule has 0 spiro atoms. The molecule has 106 valence electrons. The zero-order valence-electron chi connectivity index (χ0n) is 11.4.